The number of carbonyl (C=O) groups is 1. The number of amides is 1. The molecular formula is C18H24N4O3S. The number of rotatable bonds is 5. The molecule has 2 heterocycles. The minimum absolute atomic E-state index is 0.215. The second-order valence-corrected chi connectivity index (χ2v) is 8.53. The van der Waals surface area contributed by atoms with Gasteiger partial charge in [0, 0.05) is 31.2 Å². The summed E-state index contributed by atoms with van der Waals surface area (Å²) < 4.78 is 28.8. The van der Waals surface area contributed by atoms with Crippen molar-refractivity contribution in [2.75, 3.05) is 18.4 Å². The third-order valence-corrected chi connectivity index (χ3v) is 6.62. The van der Waals surface area contributed by atoms with Crippen molar-refractivity contribution in [2.24, 2.45) is 0 Å². The van der Waals surface area contributed by atoms with Crippen LogP contribution in [0.5, 0.6) is 0 Å². The van der Waals surface area contributed by atoms with Gasteiger partial charge in [-0.25, -0.2) is 8.42 Å². The van der Waals surface area contributed by atoms with Crippen LogP contribution in [-0.2, 0) is 14.8 Å². The van der Waals surface area contributed by atoms with Gasteiger partial charge in [0.25, 0.3) is 0 Å². The second-order valence-electron chi connectivity index (χ2n) is 6.59. The van der Waals surface area contributed by atoms with Gasteiger partial charge in [-0.05, 0) is 50.5 Å². The Morgan fingerprint density at radius 2 is 1.96 bits per heavy atom. The van der Waals surface area contributed by atoms with Crippen LogP contribution in [0.3, 0.4) is 0 Å². The van der Waals surface area contributed by atoms with E-state index in [2.05, 4.69) is 10.4 Å². The fraction of sp³-hybridized carbons (Fsp3) is 0.444. The molecule has 1 fully saturated rings. The quantitative estimate of drug-likeness (QED) is 0.869. The molecule has 1 aromatic heterocycles. The Morgan fingerprint density at radius 1 is 1.23 bits per heavy atom. The number of carbonyl (C=O) groups excluding carboxylic acids is 1. The minimum Gasteiger partial charge on any atom is -0.324 e. The summed E-state index contributed by atoms with van der Waals surface area (Å²) in [5.41, 5.74) is 1.32. The molecule has 1 amide bonds. The Bertz CT molecular complexity index is 872. The summed E-state index contributed by atoms with van der Waals surface area (Å²) in [6, 6.07) is 6.14. The van der Waals surface area contributed by atoms with E-state index in [0.717, 1.165) is 24.8 Å². The van der Waals surface area contributed by atoms with E-state index in [0.29, 0.717) is 18.8 Å². The highest BCUT2D eigenvalue weighted by Gasteiger charge is 2.26. The summed E-state index contributed by atoms with van der Waals surface area (Å²) in [5.74, 6) is -0.246. The molecule has 0 aliphatic carbocycles. The molecule has 1 aliphatic rings. The van der Waals surface area contributed by atoms with Crippen molar-refractivity contribution in [1.82, 2.24) is 14.1 Å². The number of piperidine rings is 1. The number of anilines is 1. The molecule has 7 nitrogen and oxygen atoms in total. The van der Waals surface area contributed by atoms with Crippen molar-refractivity contribution >= 4 is 21.6 Å². The molecule has 1 aliphatic heterocycles. The molecule has 0 spiro atoms. The van der Waals surface area contributed by atoms with E-state index in [1.807, 2.05) is 6.92 Å². The molecule has 140 valence electrons. The Morgan fingerprint density at radius 3 is 2.62 bits per heavy atom. The molecule has 1 N–H and O–H groups in total. The van der Waals surface area contributed by atoms with Gasteiger partial charge in [-0.3, -0.25) is 9.48 Å². The topological polar surface area (TPSA) is 84.3 Å². The number of benzene rings is 1. The highest BCUT2D eigenvalue weighted by Crippen LogP contribution is 2.25. The molecule has 1 atom stereocenters. The third kappa shape index (κ3) is 3.81. The number of nitrogens with zero attached hydrogens (tertiary/aromatic N) is 3. The number of aromatic nitrogens is 2. The first-order chi connectivity index (χ1) is 12.4. The van der Waals surface area contributed by atoms with Crippen LogP contribution in [0.25, 0.3) is 0 Å². The maximum Gasteiger partial charge on any atom is 0.248 e. The van der Waals surface area contributed by atoms with Crippen LogP contribution in [0, 0.1) is 6.92 Å². The van der Waals surface area contributed by atoms with Crippen LogP contribution in [0.2, 0.25) is 0 Å². The Labute approximate surface area is 154 Å². The van der Waals surface area contributed by atoms with E-state index in [-0.39, 0.29) is 10.8 Å². The van der Waals surface area contributed by atoms with Gasteiger partial charge in [-0.15, -0.1) is 0 Å². The average Bonchev–Trinajstić information content (AvgIpc) is 3.18. The molecule has 8 heteroatoms. The first-order valence-electron chi connectivity index (χ1n) is 8.80. The zero-order valence-electron chi connectivity index (χ0n) is 15.1. The van der Waals surface area contributed by atoms with Crippen molar-refractivity contribution < 1.29 is 13.2 Å². The normalized spacial score (nSPS) is 17.0. The SMILES string of the molecule is Cc1ccc(S(=O)(=O)N2CCCCC2)cc1NC(=O)[C@H](C)n1cccn1. The van der Waals surface area contributed by atoms with Crippen LogP contribution < -0.4 is 5.32 Å². The largest absolute Gasteiger partial charge is 0.324 e. The van der Waals surface area contributed by atoms with Crippen molar-refractivity contribution in [1.29, 1.82) is 0 Å². The zero-order chi connectivity index (χ0) is 18.7. The molecule has 26 heavy (non-hydrogen) atoms. The van der Waals surface area contributed by atoms with E-state index >= 15 is 0 Å². The number of aryl methyl sites for hydroxylation is 1. The Kier molecular flexibility index (Phi) is 5.43. The lowest BCUT2D eigenvalue weighted by atomic mass is 10.2. The van der Waals surface area contributed by atoms with Crippen molar-refractivity contribution in [3.63, 3.8) is 0 Å². The summed E-state index contributed by atoms with van der Waals surface area (Å²) in [6.07, 6.45) is 6.16. The molecule has 2 aromatic rings. The molecule has 3 rings (SSSR count). The van der Waals surface area contributed by atoms with Gasteiger partial charge in [0.05, 0.1) is 4.90 Å². The predicted molar refractivity (Wildman–Crippen MR) is 99.4 cm³/mol. The Hall–Kier alpha value is -2.19. The fourth-order valence-electron chi connectivity index (χ4n) is 3.02. The van der Waals surface area contributed by atoms with E-state index in [4.69, 9.17) is 0 Å². The maximum atomic E-state index is 12.9. The van der Waals surface area contributed by atoms with Gasteiger partial charge < -0.3 is 5.32 Å². The molecular weight excluding hydrogens is 352 g/mol. The summed E-state index contributed by atoms with van der Waals surface area (Å²) in [5, 5.41) is 6.90. The van der Waals surface area contributed by atoms with Crippen LogP contribution in [0.4, 0.5) is 5.69 Å². The van der Waals surface area contributed by atoms with Gasteiger partial charge in [0.2, 0.25) is 15.9 Å². The van der Waals surface area contributed by atoms with E-state index in [1.165, 1.54) is 4.31 Å². The zero-order valence-corrected chi connectivity index (χ0v) is 15.9. The molecule has 0 bridgehead atoms. The summed E-state index contributed by atoms with van der Waals surface area (Å²) >= 11 is 0. The van der Waals surface area contributed by atoms with E-state index < -0.39 is 16.1 Å². The van der Waals surface area contributed by atoms with Crippen LogP contribution in [0.15, 0.2) is 41.6 Å². The number of hydrogen-bond donors (Lipinski definition) is 1. The van der Waals surface area contributed by atoms with Gasteiger partial charge >= 0.3 is 0 Å². The maximum absolute atomic E-state index is 12.9. The van der Waals surface area contributed by atoms with Crippen molar-refractivity contribution in [2.45, 2.75) is 44.0 Å². The lowest BCUT2D eigenvalue weighted by Gasteiger charge is -2.26. The fourth-order valence-corrected chi connectivity index (χ4v) is 4.56. The molecule has 0 saturated carbocycles. The monoisotopic (exact) mass is 376 g/mol. The predicted octanol–water partition coefficient (Wildman–Crippen LogP) is 2.57. The van der Waals surface area contributed by atoms with Crippen molar-refractivity contribution in [3.8, 4) is 0 Å². The number of nitrogens with one attached hydrogen (secondary N) is 1. The van der Waals surface area contributed by atoms with E-state index in [9.17, 15) is 13.2 Å². The minimum atomic E-state index is -3.54. The van der Waals surface area contributed by atoms with Crippen LogP contribution in [0.1, 0.15) is 37.8 Å². The summed E-state index contributed by atoms with van der Waals surface area (Å²) in [7, 11) is -3.54. The van der Waals surface area contributed by atoms with Gasteiger partial charge in [0.1, 0.15) is 6.04 Å². The first kappa shape index (κ1) is 18.6. The lowest BCUT2D eigenvalue weighted by molar-refractivity contribution is -0.119. The van der Waals surface area contributed by atoms with Gasteiger partial charge in [-0.1, -0.05) is 12.5 Å². The van der Waals surface area contributed by atoms with Gasteiger partial charge in [-0.2, -0.15) is 9.40 Å². The highest BCUT2D eigenvalue weighted by molar-refractivity contribution is 7.89. The molecule has 1 aromatic carbocycles. The van der Waals surface area contributed by atoms with E-state index in [1.54, 1.807) is 48.3 Å². The average molecular weight is 376 g/mol. The highest BCUT2D eigenvalue weighted by atomic mass is 32.2. The number of sulfonamides is 1. The smallest absolute Gasteiger partial charge is 0.248 e. The lowest BCUT2D eigenvalue weighted by Crippen LogP contribution is -2.35. The molecule has 0 radical (unpaired) electrons. The number of hydrogen-bond acceptors (Lipinski definition) is 4. The van der Waals surface area contributed by atoms with Crippen molar-refractivity contribution in [3.05, 3.63) is 42.2 Å². The first-order valence-corrected chi connectivity index (χ1v) is 10.2. The summed E-state index contributed by atoms with van der Waals surface area (Å²) in [4.78, 5) is 12.7. The molecule has 0 unspecified atom stereocenters. The summed E-state index contributed by atoms with van der Waals surface area (Å²) in [6.45, 7) is 4.68. The third-order valence-electron chi connectivity index (χ3n) is 4.72. The van der Waals surface area contributed by atoms with Crippen LogP contribution in [-0.4, -0.2) is 41.5 Å². The van der Waals surface area contributed by atoms with Gasteiger partial charge in [0.15, 0.2) is 0 Å². The molecule has 1 saturated heterocycles. The Balaban J connectivity index is 1.82. The van der Waals surface area contributed by atoms with Crippen LogP contribution >= 0.6 is 0 Å². The second kappa shape index (κ2) is 7.59. The standard InChI is InChI=1S/C18H24N4O3S/c1-14-7-8-16(26(24,25)21-10-4-3-5-11-21)13-17(14)20-18(23)15(2)22-12-6-9-19-22/h6-9,12-13,15H,3-5,10-11H2,1-2H3,(H,20,23)/t15-/m0/s1.